The smallest absolute Gasteiger partial charge is 0.191 e. The summed E-state index contributed by atoms with van der Waals surface area (Å²) in [6.45, 7) is 6.46. The number of nitrogens with zero attached hydrogens (tertiary/aromatic N) is 2. The van der Waals surface area contributed by atoms with Gasteiger partial charge in [-0.2, -0.15) is 0 Å². The molecule has 0 aliphatic rings. The Morgan fingerprint density at radius 1 is 1.00 bits per heavy atom. The highest BCUT2D eigenvalue weighted by Gasteiger charge is 2.22. The normalized spacial score (nSPS) is 13.6. The van der Waals surface area contributed by atoms with Gasteiger partial charge in [-0.25, -0.2) is 4.99 Å². The van der Waals surface area contributed by atoms with Crippen LogP contribution in [0.4, 0.5) is 0 Å². The molecule has 2 aromatic carbocycles. The number of guanidine groups is 1. The van der Waals surface area contributed by atoms with Crippen molar-refractivity contribution in [1.29, 1.82) is 0 Å². The minimum absolute atomic E-state index is 0. The molecule has 1 unspecified atom stereocenters. The molecule has 28 heavy (non-hydrogen) atoms. The summed E-state index contributed by atoms with van der Waals surface area (Å²) in [5.41, 5.74) is 2.39. The van der Waals surface area contributed by atoms with Gasteiger partial charge in [-0.1, -0.05) is 54.6 Å². The largest absolute Gasteiger partial charge is 0.384 e. The van der Waals surface area contributed by atoms with Crippen LogP contribution < -0.4 is 10.6 Å². The summed E-state index contributed by atoms with van der Waals surface area (Å²) in [5, 5.41) is 17.3. The third kappa shape index (κ3) is 7.77. The van der Waals surface area contributed by atoms with E-state index >= 15 is 0 Å². The van der Waals surface area contributed by atoms with Gasteiger partial charge in [-0.05, 0) is 44.6 Å². The van der Waals surface area contributed by atoms with Gasteiger partial charge < -0.3 is 20.6 Å². The summed E-state index contributed by atoms with van der Waals surface area (Å²) in [6, 6.07) is 18.1. The van der Waals surface area contributed by atoms with Crippen molar-refractivity contribution in [2.24, 2.45) is 4.99 Å². The lowest BCUT2D eigenvalue weighted by molar-refractivity contribution is 0.0617. The average Bonchev–Trinajstić information content (AvgIpc) is 2.65. The Morgan fingerprint density at radius 2 is 1.61 bits per heavy atom. The van der Waals surface area contributed by atoms with Gasteiger partial charge in [0.05, 0.1) is 13.1 Å². The Kier molecular flexibility index (Phi) is 10.5. The summed E-state index contributed by atoms with van der Waals surface area (Å²) in [7, 11) is 4.13. The van der Waals surface area contributed by atoms with Gasteiger partial charge in [0.2, 0.25) is 0 Å². The van der Waals surface area contributed by atoms with E-state index in [1.165, 1.54) is 11.1 Å². The van der Waals surface area contributed by atoms with Crippen molar-refractivity contribution >= 4 is 29.9 Å². The van der Waals surface area contributed by atoms with Gasteiger partial charge in [-0.15, -0.1) is 24.0 Å². The molecular formula is C22H33IN4O. The number of nitrogens with one attached hydrogen (secondary N) is 2. The molecule has 0 heterocycles. The van der Waals surface area contributed by atoms with Crippen LogP contribution in [0.15, 0.2) is 59.6 Å². The second-order valence-electron chi connectivity index (χ2n) is 7.20. The van der Waals surface area contributed by atoms with E-state index in [9.17, 15) is 5.11 Å². The topological polar surface area (TPSA) is 59.9 Å². The highest BCUT2D eigenvalue weighted by Crippen LogP contribution is 2.19. The van der Waals surface area contributed by atoms with E-state index in [2.05, 4.69) is 47.8 Å². The summed E-state index contributed by atoms with van der Waals surface area (Å²) in [6.07, 6.45) is 0. The van der Waals surface area contributed by atoms with Crippen LogP contribution in [0.3, 0.4) is 0 Å². The molecule has 0 aliphatic carbocycles. The van der Waals surface area contributed by atoms with E-state index in [0.717, 1.165) is 18.7 Å². The highest BCUT2D eigenvalue weighted by molar-refractivity contribution is 14.0. The zero-order valence-electron chi connectivity index (χ0n) is 17.3. The number of aliphatic imine (C=N–C) groups is 1. The number of halogens is 1. The fraction of sp³-hybridized carbons (Fsp3) is 0.409. The van der Waals surface area contributed by atoms with Crippen LogP contribution in [0.5, 0.6) is 0 Å². The molecule has 0 amide bonds. The van der Waals surface area contributed by atoms with Gasteiger partial charge in [-0.3, -0.25) is 0 Å². The van der Waals surface area contributed by atoms with Crippen molar-refractivity contribution in [2.45, 2.75) is 32.5 Å². The summed E-state index contributed by atoms with van der Waals surface area (Å²) in [5.74, 6) is 0.702. The first kappa shape index (κ1) is 24.4. The molecule has 0 bridgehead atoms. The third-order valence-corrected chi connectivity index (χ3v) is 4.35. The molecule has 5 nitrogen and oxygen atoms in total. The summed E-state index contributed by atoms with van der Waals surface area (Å²) < 4.78 is 0. The Bertz CT molecular complexity index is 732. The summed E-state index contributed by atoms with van der Waals surface area (Å²) >= 11 is 0. The van der Waals surface area contributed by atoms with Crippen molar-refractivity contribution in [1.82, 2.24) is 15.5 Å². The van der Waals surface area contributed by atoms with Crippen LogP contribution in [-0.4, -0.2) is 43.2 Å². The minimum Gasteiger partial charge on any atom is -0.384 e. The van der Waals surface area contributed by atoms with E-state index in [1.54, 1.807) is 0 Å². The van der Waals surface area contributed by atoms with Crippen molar-refractivity contribution in [3.8, 4) is 0 Å². The molecule has 1 atom stereocenters. The molecule has 0 radical (unpaired) electrons. The van der Waals surface area contributed by atoms with E-state index in [-0.39, 0.29) is 24.0 Å². The van der Waals surface area contributed by atoms with Crippen LogP contribution in [0, 0.1) is 0 Å². The van der Waals surface area contributed by atoms with E-state index in [0.29, 0.717) is 19.0 Å². The fourth-order valence-electron chi connectivity index (χ4n) is 2.87. The number of benzene rings is 2. The number of hydrogen-bond donors (Lipinski definition) is 3. The lowest BCUT2D eigenvalue weighted by atomic mass is 9.96. The standard InChI is InChI=1S/C22H32N4O.HI/c1-5-23-21(25-17-22(2,27)20-13-7-6-8-14-20)24-15-18-11-9-10-12-19(18)16-26(3)4;/h6-14,27H,5,15-17H2,1-4H3,(H2,23,24,25);1H. The maximum Gasteiger partial charge on any atom is 0.191 e. The van der Waals surface area contributed by atoms with Crippen LogP contribution in [0.2, 0.25) is 0 Å². The van der Waals surface area contributed by atoms with Gasteiger partial charge in [0.15, 0.2) is 5.96 Å². The van der Waals surface area contributed by atoms with Crippen molar-refractivity contribution in [3.63, 3.8) is 0 Å². The molecule has 0 aromatic heterocycles. The third-order valence-electron chi connectivity index (χ3n) is 4.35. The second kappa shape index (κ2) is 12.0. The molecule has 0 saturated heterocycles. The highest BCUT2D eigenvalue weighted by atomic mass is 127. The molecule has 2 rings (SSSR count). The van der Waals surface area contributed by atoms with Gasteiger partial charge >= 0.3 is 0 Å². The van der Waals surface area contributed by atoms with Crippen LogP contribution in [-0.2, 0) is 18.7 Å². The Balaban J connectivity index is 0.00000392. The molecule has 0 saturated carbocycles. The molecule has 154 valence electrons. The van der Waals surface area contributed by atoms with Crippen molar-refractivity contribution in [2.75, 3.05) is 27.2 Å². The molecule has 0 spiro atoms. The monoisotopic (exact) mass is 496 g/mol. The second-order valence-corrected chi connectivity index (χ2v) is 7.20. The fourth-order valence-corrected chi connectivity index (χ4v) is 2.87. The maximum atomic E-state index is 10.8. The Morgan fingerprint density at radius 3 is 2.21 bits per heavy atom. The molecular weight excluding hydrogens is 463 g/mol. The zero-order valence-corrected chi connectivity index (χ0v) is 19.6. The molecule has 3 N–H and O–H groups in total. The Labute approximate surface area is 186 Å². The SMILES string of the molecule is CCNC(=NCc1ccccc1CN(C)C)NCC(C)(O)c1ccccc1.I. The number of rotatable bonds is 8. The molecule has 6 heteroatoms. The zero-order chi connectivity index (χ0) is 19.7. The Hall–Kier alpha value is -1.64. The number of hydrogen-bond acceptors (Lipinski definition) is 3. The van der Waals surface area contributed by atoms with Crippen LogP contribution in [0.1, 0.15) is 30.5 Å². The lowest BCUT2D eigenvalue weighted by Crippen LogP contribution is -2.44. The van der Waals surface area contributed by atoms with E-state index < -0.39 is 5.60 Å². The summed E-state index contributed by atoms with van der Waals surface area (Å²) in [4.78, 5) is 6.87. The van der Waals surface area contributed by atoms with E-state index in [1.807, 2.05) is 50.2 Å². The predicted molar refractivity (Wildman–Crippen MR) is 128 cm³/mol. The van der Waals surface area contributed by atoms with Crippen molar-refractivity contribution < 1.29 is 5.11 Å². The lowest BCUT2D eigenvalue weighted by Gasteiger charge is -2.25. The molecule has 0 fully saturated rings. The van der Waals surface area contributed by atoms with Gasteiger partial charge in [0.1, 0.15) is 5.60 Å². The quantitative estimate of drug-likeness (QED) is 0.298. The first-order chi connectivity index (χ1) is 12.9. The molecule has 2 aromatic rings. The average molecular weight is 496 g/mol. The van der Waals surface area contributed by atoms with Gasteiger partial charge in [0.25, 0.3) is 0 Å². The minimum atomic E-state index is -0.972. The predicted octanol–water partition coefficient (Wildman–Crippen LogP) is 3.33. The molecule has 0 aliphatic heterocycles. The van der Waals surface area contributed by atoms with Crippen LogP contribution in [0.25, 0.3) is 0 Å². The first-order valence-electron chi connectivity index (χ1n) is 9.44. The van der Waals surface area contributed by atoms with Crippen molar-refractivity contribution in [3.05, 3.63) is 71.3 Å². The number of aliphatic hydroxyl groups is 1. The maximum absolute atomic E-state index is 10.8. The van der Waals surface area contributed by atoms with Gasteiger partial charge in [0, 0.05) is 13.1 Å². The first-order valence-corrected chi connectivity index (χ1v) is 9.44. The van der Waals surface area contributed by atoms with Crippen LogP contribution >= 0.6 is 24.0 Å². The van der Waals surface area contributed by atoms with E-state index in [4.69, 9.17) is 4.99 Å².